The van der Waals surface area contributed by atoms with Gasteiger partial charge >= 0.3 is 0 Å². The number of morpholine rings is 1. The number of anilines is 1. The molecule has 4 heterocycles. The van der Waals surface area contributed by atoms with Crippen LogP contribution in [0.3, 0.4) is 0 Å². The Morgan fingerprint density at radius 2 is 1.91 bits per heavy atom. The van der Waals surface area contributed by atoms with Crippen molar-refractivity contribution in [1.29, 1.82) is 0 Å². The van der Waals surface area contributed by atoms with E-state index in [1.54, 1.807) is 0 Å². The van der Waals surface area contributed by atoms with E-state index in [0.29, 0.717) is 13.2 Å². The average molecular weight is 450 g/mol. The van der Waals surface area contributed by atoms with E-state index in [2.05, 4.69) is 37.5 Å². The molecule has 9 heteroatoms. The number of fused-ring (bicyclic) bond motifs is 1. The number of hydrogen-bond donors (Lipinski definition) is 0. The van der Waals surface area contributed by atoms with Gasteiger partial charge in [0.15, 0.2) is 20.8 Å². The summed E-state index contributed by atoms with van der Waals surface area (Å²) in [6, 6.07) is 0. The summed E-state index contributed by atoms with van der Waals surface area (Å²) in [6.07, 6.45) is 3.20. The first-order chi connectivity index (χ1) is 11.2. The second kappa shape index (κ2) is 6.66. The Hall–Kier alpha value is -0.710. The molecule has 2 saturated heterocycles. The van der Waals surface area contributed by atoms with Gasteiger partial charge in [-0.25, -0.2) is 4.98 Å². The standard InChI is InChI=1S/C14H17ClIN5O2/c15-13-18-11(20-4-7-22-8-5-20)10-12(19-13)21(14(16)17-10)9-3-1-2-6-23-9/h9H,1-8H2. The maximum Gasteiger partial charge on any atom is 0.226 e. The normalized spacial score (nSPS) is 22.7. The molecule has 0 saturated carbocycles. The molecule has 1 unspecified atom stereocenters. The van der Waals surface area contributed by atoms with Crippen LogP contribution in [0.15, 0.2) is 0 Å². The van der Waals surface area contributed by atoms with Crippen molar-refractivity contribution < 1.29 is 9.47 Å². The maximum absolute atomic E-state index is 6.20. The molecule has 2 aliphatic heterocycles. The van der Waals surface area contributed by atoms with Crippen LogP contribution in [0.25, 0.3) is 11.2 Å². The third kappa shape index (κ3) is 3.01. The molecule has 2 fully saturated rings. The molecule has 0 amide bonds. The molecular formula is C14H17ClIN5O2. The largest absolute Gasteiger partial charge is 0.378 e. The van der Waals surface area contributed by atoms with Crippen LogP contribution >= 0.6 is 34.2 Å². The highest BCUT2D eigenvalue weighted by Crippen LogP contribution is 2.32. The van der Waals surface area contributed by atoms with Crippen molar-refractivity contribution in [1.82, 2.24) is 19.5 Å². The molecule has 0 aliphatic carbocycles. The van der Waals surface area contributed by atoms with Crippen LogP contribution in [-0.4, -0.2) is 52.4 Å². The molecule has 0 bridgehead atoms. The summed E-state index contributed by atoms with van der Waals surface area (Å²) < 4.78 is 14.2. The second-order valence-corrected chi connectivity index (χ2v) is 6.96. The van der Waals surface area contributed by atoms with Crippen molar-refractivity contribution in [3.63, 3.8) is 0 Å². The van der Waals surface area contributed by atoms with Crippen LogP contribution in [0.1, 0.15) is 25.5 Å². The van der Waals surface area contributed by atoms with Crippen LogP contribution in [-0.2, 0) is 9.47 Å². The summed E-state index contributed by atoms with van der Waals surface area (Å²) in [5.41, 5.74) is 1.54. The zero-order chi connectivity index (χ0) is 15.8. The average Bonchev–Trinajstić information content (AvgIpc) is 2.91. The highest BCUT2D eigenvalue weighted by molar-refractivity contribution is 14.1. The van der Waals surface area contributed by atoms with Gasteiger partial charge in [0.2, 0.25) is 5.28 Å². The maximum atomic E-state index is 6.20. The summed E-state index contributed by atoms with van der Waals surface area (Å²) in [5, 5.41) is 0.243. The van der Waals surface area contributed by atoms with Crippen LogP contribution in [0, 0.1) is 3.83 Å². The molecular weight excluding hydrogens is 433 g/mol. The minimum atomic E-state index is -0.0239. The summed E-state index contributed by atoms with van der Waals surface area (Å²) in [6.45, 7) is 3.71. The lowest BCUT2D eigenvalue weighted by Gasteiger charge is -2.28. The summed E-state index contributed by atoms with van der Waals surface area (Å²) >= 11 is 8.43. The van der Waals surface area contributed by atoms with Crippen LogP contribution in [0.5, 0.6) is 0 Å². The molecule has 2 aromatic heterocycles. The highest BCUT2D eigenvalue weighted by atomic mass is 127. The molecule has 0 N–H and O–H groups in total. The first-order valence-electron chi connectivity index (χ1n) is 7.79. The van der Waals surface area contributed by atoms with Gasteiger partial charge in [0.05, 0.1) is 13.2 Å². The zero-order valence-corrected chi connectivity index (χ0v) is 15.5. The lowest BCUT2D eigenvalue weighted by atomic mass is 10.2. The molecule has 0 spiro atoms. The summed E-state index contributed by atoms with van der Waals surface area (Å²) in [7, 11) is 0. The monoisotopic (exact) mass is 449 g/mol. The van der Waals surface area contributed by atoms with E-state index < -0.39 is 0 Å². The Morgan fingerprint density at radius 1 is 1.09 bits per heavy atom. The first-order valence-corrected chi connectivity index (χ1v) is 9.25. The molecule has 23 heavy (non-hydrogen) atoms. The molecule has 124 valence electrons. The molecule has 1 atom stereocenters. The number of ether oxygens (including phenoxy) is 2. The van der Waals surface area contributed by atoms with E-state index in [0.717, 1.165) is 59.8 Å². The van der Waals surface area contributed by atoms with Crippen molar-refractivity contribution in [3.8, 4) is 0 Å². The molecule has 4 rings (SSSR count). The molecule has 0 radical (unpaired) electrons. The fourth-order valence-corrected chi connectivity index (χ4v) is 4.03. The Balaban J connectivity index is 1.82. The van der Waals surface area contributed by atoms with Gasteiger partial charge in [-0.15, -0.1) is 0 Å². The molecule has 2 aromatic rings. The fourth-order valence-electron chi connectivity index (χ4n) is 3.09. The number of imidazole rings is 1. The lowest BCUT2D eigenvalue weighted by molar-refractivity contribution is -0.0313. The van der Waals surface area contributed by atoms with E-state index in [4.69, 9.17) is 26.1 Å². The van der Waals surface area contributed by atoms with Gasteiger partial charge in [-0.3, -0.25) is 4.57 Å². The minimum Gasteiger partial charge on any atom is -0.378 e. The first kappa shape index (κ1) is 15.8. The number of halogens is 2. The smallest absolute Gasteiger partial charge is 0.226 e. The number of rotatable bonds is 2. The third-order valence-electron chi connectivity index (χ3n) is 4.21. The van der Waals surface area contributed by atoms with Crippen molar-refractivity contribution >= 4 is 51.2 Å². The van der Waals surface area contributed by atoms with Crippen LogP contribution in [0.4, 0.5) is 5.82 Å². The van der Waals surface area contributed by atoms with E-state index in [-0.39, 0.29) is 11.5 Å². The van der Waals surface area contributed by atoms with Gasteiger partial charge in [0.25, 0.3) is 0 Å². The van der Waals surface area contributed by atoms with E-state index in [1.165, 1.54) is 0 Å². The molecule has 7 nitrogen and oxygen atoms in total. The Labute approximate surface area is 152 Å². The Bertz CT molecular complexity index is 713. The van der Waals surface area contributed by atoms with Crippen LogP contribution < -0.4 is 4.90 Å². The highest BCUT2D eigenvalue weighted by Gasteiger charge is 2.26. The fraction of sp³-hybridized carbons (Fsp3) is 0.643. The van der Waals surface area contributed by atoms with Crippen LogP contribution in [0.2, 0.25) is 5.28 Å². The van der Waals surface area contributed by atoms with Gasteiger partial charge in [-0.05, 0) is 30.9 Å². The van der Waals surface area contributed by atoms with Crippen molar-refractivity contribution in [2.75, 3.05) is 37.8 Å². The molecule has 0 aromatic carbocycles. The SMILES string of the molecule is Clc1nc(N2CCOCC2)c2nc(I)n(C3CCCCO3)c2n1. The van der Waals surface area contributed by atoms with Crippen molar-refractivity contribution in [2.24, 2.45) is 0 Å². The number of aromatic nitrogens is 4. The van der Waals surface area contributed by atoms with Gasteiger partial charge in [-0.2, -0.15) is 9.97 Å². The number of nitrogens with zero attached hydrogens (tertiary/aromatic N) is 5. The van der Waals surface area contributed by atoms with Gasteiger partial charge < -0.3 is 14.4 Å². The van der Waals surface area contributed by atoms with Gasteiger partial charge in [0.1, 0.15) is 6.23 Å². The Morgan fingerprint density at radius 3 is 2.65 bits per heavy atom. The van der Waals surface area contributed by atoms with E-state index in [9.17, 15) is 0 Å². The lowest BCUT2D eigenvalue weighted by Crippen LogP contribution is -2.37. The number of hydrogen-bond acceptors (Lipinski definition) is 6. The predicted molar refractivity (Wildman–Crippen MR) is 94.9 cm³/mol. The summed E-state index contributed by atoms with van der Waals surface area (Å²) in [5.74, 6) is 0.788. The zero-order valence-electron chi connectivity index (χ0n) is 12.5. The van der Waals surface area contributed by atoms with Crippen molar-refractivity contribution in [2.45, 2.75) is 25.5 Å². The minimum absolute atomic E-state index is 0.0239. The predicted octanol–water partition coefficient (Wildman–Crippen LogP) is 2.62. The topological polar surface area (TPSA) is 65.3 Å². The third-order valence-corrected chi connectivity index (χ3v) is 5.14. The van der Waals surface area contributed by atoms with Gasteiger partial charge in [-0.1, -0.05) is 0 Å². The van der Waals surface area contributed by atoms with Gasteiger partial charge in [0, 0.05) is 42.3 Å². The quantitative estimate of drug-likeness (QED) is 0.399. The van der Waals surface area contributed by atoms with E-state index in [1.807, 2.05) is 4.57 Å². The van der Waals surface area contributed by atoms with Crippen molar-refractivity contribution in [3.05, 3.63) is 9.11 Å². The Kier molecular flexibility index (Phi) is 4.57. The second-order valence-electron chi connectivity index (χ2n) is 5.66. The van der Waals surface area contributed by atoms with E-state index >= 15 is 0 Å². The summed E-state index contributed by atoms with van der Waals surface area (Å²) in [4.78, 5) is 15.7. The molecule has 2 aliphatic rings.